The summed E-state index contributed by atoms with van der Waals surface area (Å²) in [7, 11) is 2.83. The standard InChI is InChI=1S/C19H19FN2O5/c1-22(11-17(23)21-14-9-7-13(20)8-10-14)18(24)12-27-19(25)15-5-3-4-6-16(15)26-2/h3-10H,11-12H2,1-2H3,(H,21,23). The van der Waals surface area contributed by atoms with Crippen molar-refractivity contribution in [1.29, 1.82) is 0 Å². The maximum absolute atomic E-state index is 12.8. The Balaban J connectivity index is 1.83. The largest absolute Gasteiger partial charge is 0.496 e. The molecule has 0 aromatic heterocycles. The van der Waals surface area contributed by atoms with Gasteiger partial charge < -0.3 is 19.7 Å². The van der Waals surface area contributed by atoms with E-state index in [9.17, 15) is 18.8 Å². The fourth-order valence-corrected chi connectivity index (χ4v) is 2.17. The molecule has 0 unspecified atom stereocenters. The van der Waals surface area contributed by atoms with Crippen molar-refractivity contribution in [2.24, 2.45) is 0 Å². The molecule has 0 radical (unpaired) electrons. The Labute approximate surface area is 155 Å². The molecule has 0 aliphatic carbocycles. The molecule has 27 heavy (non-hydrogen) atoms. The second-order valence-electron chi connectivity index (χ2n) is 5.58. The first-order valence-corrected chi connectivity index (χ1v) is 8.00. The lowest BCUT2D eigenvalue weighted by Gasteiger charge is -2.17. The molecule has 0 fully saturated rings. The molecule has 0 bridgehead atoms. The number of halogens is 1. The van der Waals surface area contributed by atoms with Crippen LogP contribution in [0.1, 0.15) is 10.4 Å². The molecule has 1 N–H and O–H groups in total. The number of rotatable bonds is 7. The zero-order valence-corrected chi connectivity index (χ0v) is 14.9. The van der Waals surface area contributed by atoms with E-state index >= 15 is 0 Å². The van der Waals surface area contributed by atoms with Crippen molar-refractivity contribution in [2.45, 2.75) is 0 Å². The van der Waals surface area contributed by atoms with Gasteiger partial charge in [0.1, 0.15) is 17.1 Å². The van der Waals surface area contributed by atoms with E-state index in [1.54, 1.807) is 18.2 Å². The lowest BCUT2D eigenvalue weighted by Crippen LogP contribution is -2.37. The highest BCUT2D eigenvalue weighted by Gasteiger charge is 2.18. The highest BCUT2D eigenvalue weighted by atomic mass is 19.1. The molecule has 0 heterocycles. The summed E-state index contributed by atoms with van der Waals surface area (Å²) in [4.78, 5) is 37.2. The fraction of sp³-hybridized carbons (Fsp3) is 0.211. The Kier molecular flexibility index (Phi) is 6.87. The fourth-order valence-electron chi connectivity index (χ4n) is 2.17. The van der Waals surface area contributed by atoms with Gasteiger partial charge in [-0.15, -0.1) is 0 Å². The van der Waals surface area contributed by atoms with Gasteiger partial charge in [0.15, 0.2) is 6.61 Å². The number of hydrogen-bond acceptors (Lipinski definition) is 5. The molecule has 142 valence electrons. The Hall–Kier alpha value is -3.42. The van der Waals surface area contributed by atoms with Gasteiger partial charge in [-0.1, -0.05) is 12.1 Å². The summed E-state index contributed by atoms with van der Waals surface area (Å²) in [5.74, 6) is -1.80. The highest BCUT2D eigenvalue weighted by Crippen LogP contribution is 2.18. The van der Waals surface area contributed by atoms with E-state index in [1.165, 1.54) is 44.5 Å². The van der Waals surface area contributed by atoms with Crippen molar-refractivity contribution in [3.05, 3.63) is 59.9 Å². The monoisotopic (exact) mass is 374 g/mol. The summed E-state index contributed by atoms with van der Waals surface area (Å²) in [5.41, 5.74) is 0.606. The minimum atomic E-state index is -0.704. The van der Waals surface area contributed by atoms with Crippen LogP contribution in [0, 0.1) is 5.82 Å². The number of carbonyl (C=O) groups is 3. The molecular formula is C19H19FN2O5. The molecule has 2 rings (SSSR count). The molecule has 7 nitrogen and oxygen atoms in total. The predicted octanol–water partition coefficient (Wildman–Crippen LogP) is 2.09. The molecule has 2 amide bonds. The van der Waals surface area contributed by atoms with Gasteiger partial charge in [0.05, 0.1) is 13.7 Å². The zero-order valence-electron chi connectivity index (χ0n) is 14.9. The number of methoxy groups -OCH3 is 1. The summed E-state index contributed by atoms with van der Waals surface area (Å²) < 4.78 is 22.9. The van der Waals surface area contributed by atoms with Gasteiger partial charge in [-0.25, -0.2) is 9.18 Å². The second-order valence-corrected chi connectivity index (χ2v) is 5.58. The Morgan fingerprint density at radius 1 is 1.07 bits per heavy atom. The highest BCUT2D eigenvalue weighted by molar-refractivity contribution is 5.96. The van der Waals surface area contributed by atoms with Crippen molar-refractivity contribution in [2.75, 3.05) is 32.6 Å². The van der Waals surface area contributed by atoms with Gasteiger partial charge in [-0.05, 0) is 36.4 Å². The van der Waals surface area contributed by atoms with E-state index < -0.39 is 30.2 Å². The van der Waals surface area contributed by atoms with Crippen molar-refractivity contribution in [1.82, 2.24) is 4.90 Å². The van der Waals surface area contributed by atoms with Crippen LogP contribution < -0.4 is 10.1 Å². The number of nitrogens with one attached hydrogen (secondary N) is 1. The van der Waals surface area contributed by atoms with Crippen LogP contribution in [0.2, 0.25) is 0 Å². The molecule has 0 saturated heterocycles. The first kappa shape index (κ1) is 19.9. The molecule has 2 aromatic carbocycles. The molecule has 2 aromatic rings. The molecule has 0 aliphatic rings. The van der Waals surface area contributed by atoms with Crippen molar-refractivity contribution in [3.8, 4) is 5.75 Å². The Morgan fingerprint density at radius 2 is 1.74 bits per heavy atom. The van der Waals surface area contributed by atoms with E-state index in [4.69, 9.17) is 9.47 Å². The molecule has 0 aliphatic heterocycles. The third kappa shape index (κ3) is 5.81. The summed E-state index contributed by atoms with van der Waals surface area (Å²) in [6.07, 6.45) is 0. The Morgan fingerprint density at radius 3 is 2.41 bits per heavy atom. The van der Waals surface area contributed by atoms with E-state index in [0.29, 0.717) is 11.4 Å². The molecule has 0 saturated carbocycles. The molecular weight excluding hydrogens is 355 g/mol. The summed E-state index contributed by atoms with van der Waals surface area (Å²) >= 11 is 0. The van der Waals surface area contributed by atoms with Crippen LogP contribution in [0.25, 0.3) is 0 Å². The minimum Gasteiger partial charge on any atom is -0.496 e. The van der Waals surface area contributed by atoms with Gasteiger partial charge in [-0.3, -0.25) is 9.59 Å². The van der Waals surface area contributed by atoms with Gasteiger partial charge >= 0.3 is 5.97 Å². The molecule has 0 atom stereocenters. The number of esters is 1. The normalized spacial score (nSPS) is 10.0. The van der Waals surface area contributed by atoms with Crippen LogP contribution in [0.5, 0.6) is 5.75 Å². The van der Waals surface area contributed by atoms with Crippen molar-refractivity contribution >= 4 is 23.5 Å². The maximum atomic E-state index is 12.8. The van der Waals surface area contributed by atoms with Gasteiger partial charge in [0, 0.05) is 12.7 Å². The topological polar surface area (TPSA) is 84.9 Å². The smallest absolute Gasteiger partial charge is 0.342 e. The first-order chi connectivity index (χ1) is 12.9. The second kappa shape index (κ2) is 9.33. The predicted molar refractivity (Wildman–Crippen MR) is 95.9 cm³/mol. The van der Waals surface area contributed by atoms with Gasteiger partial charge in [-0.2, -0.15) is 0 Å². The van der Waals surface area contributed by atoms with Crippen LogP contribution in [0.15, 0.2) is 48.5 Å². The Bertz CT molecular complexity index is 823. The van der Waals surface area contributed by atoms with Crippen LogP contribution >= 0.6 is 0 Å². The summed E-state index contributed by atoms with van der Waals surface area (Å²) in [5, 5.41) is 2.54. The number of amides is 2. The molecule has 0 spiro atoms. The van der Waals surface area contributed by atoms with E-state index in [-0.39, 0.29) is 12.1 Å². The number of likely N-dealkylation sites (N-methyl/N-ethyl adjacent to an activating group) is 1. The first-order valence-electron chi connectivity index (χ1n) is 8.00. The SMILES string of the molecule is COc1ccccc1C(=O)OCC(=O)N(C)CC(=O)Nc1ccc(F)cc1. The van der Waals surface area contributed by atoms with Crippen LogP contribution in [-0.4, -0.2) is 50.0 Å². The van der Waals surface area contributed by atoms with Crippen LogP contribution in [0.3, 0.4) is 0 Å². The maximum Gasteiger partial charge on any atom is 0.342 e. The van der Waals surface area contributed by atoms with Crippen LogP contribution in [0.4, 0.5) is 10.1 Å². The number of para-hydroxylation sites is 1. The van der Waals surface area contributed by atoms with Gasteiger partial charge in [0.25, 0.3) is 5.91 Å². The lowest BCUT2D eigenvalue weighted by molar-refractivity contribution is -0.136. The number of benzene rings is 2. The van der Waals surface area contributed by atoms with E-state index in [2.05, 4.69) is 5.32 Å². The average molecular weight is 374 g/mol. The molecule has 8 heteroatoms. The van der Waals surface area contributed by atoms with Crippen molar-refractivity contribution in [3.63, 3.8) is 0 Å². The number of carbonyl (C=O) groups excluding carboxylic acids is 3. The quantitative estimate of drug-likeness (QED) is 0.750. The van der Waals surface area contributed by atoms with Crippen LogP contribution in [-0.2, 0) is 14.3 Å². The lowest BCUT2D eigenvalue weighted by atomic mass is 10.2. The van der Waals surface area contributed by atoms with E-state index in [1.807, 2.05) is 0 Å². The van der Waals surface area contributed by atoms with Crippen molar-refractivity contribution < 1.29 is 28.2 Å². The minimum absolute atomic E-state index is 0.199. The number of nitrogens with zero attached hydrogens (tertiary/aromatic N) is 1. The number of anilines is 1. The van der Waals surface area contributed by atoms with E-state index in [0.717, 1.165) is 4.90 Å². The number of hydrogen-bond donors (Lipinski definition) is 1. The summed E-state index contributed by atoms with van der Waals surface area (Å²) in [6, 6.07) is 11.7. The number of ether oxygens (including phenoxy) is 2. The summed E-state index contributed by atoms with van der Waals surface area (Å²) in [6.45, 7) is -0.764. The third-order valence-electron chi connectivity index (χ3n) is 3.59. The third-order valence-corrected chi connectivity index (χ3v) is 3.59. The average Bonchev–Trinajstić information content (AvgIpc) is 2.67. The van der Waals surface area contributed by atoms with Gasteiger partial charge in [0.2, 0.25) is 5.91 Å². The zero-order chi connectivity index (χ0) is 19.8.